The largest absolute Gasteiger partial charge is 0.472 e. The standard InChI is InChI=1S/C58H99O11P/c1-4-7-10-13-16-19-22-25-26-27-28-31-34-37-40-43-46-49-58(62)69-55(51-65-56(60)47-44-41-38-35-32-29-23-20-17-14-11-8-5-2)53-67-70(63,64)66-52-54(50-59)68-57(61)48-45-42-39-36-33-30-24-21-18-15-12-9-6-3/h8-9,11-12,17-18,20-21,29-30,32-33,39,42,54-55,59H,4-7,10,13-16,19,22-28,31,34-38,40-41,43-53H2,1-3H3,(H,63,64)/b11-8-,12-9-,20-17-,21-18-,32-29-,33-30-,42-39-. The van der Waals surface area contributed by atoms with Crippen molar-refractivity contribution in [2.45, 2.75) is 238 Å². The zero-order valence-corrected chi connectivity index (χ0v) is 45.1. The van der Waals surface area contributed by atoms with Crippen LogP contribution in [0.15, 0.2) is 85.1 Å². The van der Waals surface area contributed by atoms with Gasteiger partial charge in [-0.2, -0.15) is 0 Å². The topological polar surface area (TPSA) is 155 Å². The molecule has 2 N–H and O–H groups in total. The summed E-state index contributed by atoms with van der Waals surface area (Å²) in [4.78, 5) is 48.4. The molecule has 402 valence electrons. The van der Waals surface area contributed by atoms with Crippen molar-refractivity contribution in [1.29, 1.82) is 0 Å². The van der Waals surface area contributed by atoms with Gasteiger partial charge in [0.1, 0.15) is 12.7 Å². The maximum Gasteiger partial charge on any atom is 0.472 e. The van der Waals surface area contributed by atoms with E-state index in [2.05, 4.69) is 93.7 Å². The molecule has 0 aliphatic carbocycles. The van der Waals surface area contributed by atoms with Gasteiger partial charge in [-0.25, -0.2) is 4.57 Å². The normalized spacial score (nSPS) is 14.1. The fourth-order valence-corrected chi connectivity index (χ4v) is 7.99. The van der Waals surface area contributed by atoms with Gasteiger partial charge in [-0.3, -0.25) is 23.4 Å². The molecular formula is C58H99O11P. The molecule has 0 rings (SSSR count). The van der Waals surface area contributed by atoms with Gasteiger partial charge in [-0.15, -0.1) is 0 Å². The highest BCUT2D eigenvalue weighted by Crippen LogP contribution is 2.43. The lowest BCUT2D eigenvalue weighted by Gasteiger charge is -2.21. The predicted molar refractivity (Wildman–Crippen MR) is 288 cm³/mol. The summed E-state index contributed by atoms with van der Waals surface area (Å²) in [6.45, 7) is 4.30. The Morgan fingerprint density at radius 2 is 0.771 bits per heavy atom. The molecule has 0 saturated carbocycles. The zero-order chi connectivity index (χ0) is 51.3. The summed E-state index contributed by atoms with van der Waals surface area (Å²) in [5, 5.41) is 9.77. The average Bonchev–Trinajstić information content (AvgIpc) is 3.35. The molecule has 3 atom stereocenters. The van der Waals surface area contributed by atoms with E-state index in [1.165, 1.54) is 83.5 Å². The third-order valence-corrected chi connectivity index (χ3v) is 12.3. The van der Waals surface area contributed by atoms with Crippen LogP contribution in [0, 0.1) is 0 Å². The van der Waals surface area contributed by atoms with Crippen molar-refractivity contribution >= 4 is 25.7 Å². The number of esters is 3. The Labute approximate surface area is 426 Å². The van der Waals surface area contributed by atoms with Crippen molar-refractivity contribution < 1.29 is 52.2 Å². The lowest BCUT2D eigenvalue weighted by Crippen LogP contribution is -2.30. The molecule has 0 spiro atoms. The van der Waals surface area contributed by atoms with E-state index in [9.17, 15) is 28.9 Å². The van der Waals surface area contributed by atoms with Crippen LogP contribution < -0.4 is 0 Å². The third-order valence-electron chi connectivity index (χ3n) is 11.3. The van der Waals surface area contributed by atoms with Crippen LogP contribution in [0.4, 0.5) is 0 Å². The first-order valence-electron chi connectivity index (χ1n) is 27.5. The van der Waals surface area contributed by atoms with Crippen LogP contribution in [0.25, 0.3) is 0 Å². The van der Waals surface area contributed by atoms with Crippen molar-refractivity contribution in [3.63, 3.8) is 0 Å². The molecule has 12 heteroatoms. The van der Waals surface area contributed by atoms with Gasteiger partial charge in [0, 0.05) is 19.3 Å². The van der Waals surface area contributed by atoms with Gasteiger partial charge in [0.05, 0.1) is 19.8 Å². The molecule has 0 aromatic carbocycles. The second-order valence-electron chi connectivity index (χ2n) is 18.0. The van der Waals surface area contributed by atoms with E-state index in [-0.39, 0.29) is 25.9 Å². The first-order valence-corrected chi connectivity index (χ1v) is 29.0. The van der Waals surface area contributed by atoms with Gasteiger partial charge < -0.3 is 24.2 Å². The molecule has 0 heterocycles. The summed E-state index contributed by atoms with van der Waals surface area (Å²) in [6.07, 6.45) is 58.6. The molecule has 3 unspecified atom stereocenters. The van der Waals surface area contributed by atoms with Crippen LogP contribution >= 0.6 is 7.82 Å². The molecule has 70 heavy (non-hydrogen) atoms. The highest BCUT2D eigenvalue weighted by atomic mass is 31.2. The number of carbonyl (C=O) groups excluding carboxylic acids is 3. The minimum absolute atomic E-state index is 0.0520. The number of phosphoric ester groups is 1. The molecule has 0 aliphatic heterocycles. The number of hydrogen-bond acceptors (Lipinski definition) is 10. The SMILES string of the molecule is CC/C=C\C/C=C\C/C=C\C/C=C\CCC(=O)OC(CO)COP(=O)(O)OCC(COC(=O)CCCCC/C=C\C/C=C\C/C=C\CC)OC(=O)CCCCCCCCCCCCCCCCCCC. The van der Waals surface area contributed by atoms with E-state index in [0.717, 1.165) is 83.5 Å². The number of aliphatic hydroxyl groups is 1. The molecule has 0 bridgehead atoms. The number of phosphoric acid groups is 1. The molecule has 0 fully saturated rings. The van der Waals surface area contributed by atoms with E-state index in [1.807, 2.05) is 12.2 Å². The van der Waals surface area contributed by atoms with Gasteiger partial charge in [0.25, 0.3) is 0 Å². The van der Waals surface area contributed by atoms with Gasteiger partial charge in [-0.1, -0.05) is 215 Å². The average molecular weight is 1000 g/mol. The van der Waals surface area contributed by atoms with Crippen molar-refractivity contribution in [3.8, 4) is 0 Å². The second kappa shape index (κ2) is 52.0. The lowest BCUT2D eigenvalue weighted by molar-refractivity contribution is -0.161. The highest BCUT2D eigenvalue weighted by Gasteiger charge is 2.28. The van der Waals surface area contributed by atoms with E-state index in [4.69, 9.17) is 23.3 Å². The summed E-state index contributed by atoms with van der Waals surface area (Å²) >= 11 is 0. The third kappa shape index (κ3) is 49.6. The number of ether oxygens (including phenoxy) is 3. The molecule has 0 saturated heterocycles. The summed E-state index contributed by atoms with van der Waals surface area (Å²) in [5.41, 5.74) is 0. The molecule has 11 nitrogen and oxygen atoms in total. The number of hydrogen-bond donors (Lipinski definition) is 2. The Kier molecular flexibility index (Phi) is 49.5. The minimum Gasteiger partial charge on any atom is -0.462 e. The maximum absolute atomic E-state index is 12.9. The summed E-state index contributed by atoms with van der Waals surface area (Å²) < 4.78 is 39.3. The van der Waals surface area contributed by atoms with E-state index < -0.39 is 57.8 Å². The fourth-order valence-electron chi connectivity index (χ4n) is 7.21. The first kappa shape index (κ1) is 66.7. The maximum atomic E-state index is 12.9. The van der Waals surface area contributed by atoms with Crippen molar-refractivity contribution in [1.82, 2.24) is 0 Å². The Morgan fingerprint density at radius 1 is 0.414 bits per heavy atom. The predicted octanol–water partition coefficient (Wildman–Crippen LogP) is 15.9. The van der Waals surface area contributed by atoms with Gasteiger partial charge in [0.15, 0.2) is 6.10 Å². The Hall–Kier alpha value is -3.34. The van der Waals surface area contributed by atoms with Crippen LogP contribution in [0.5, 0.6) is 0 Å². The molecule has 0 aliphatic rings. The van der Waals surface area contributed by atoms with Crippen LogP contribution in [-0.4, -0.2) is 66.5 Å². The number of rotatable bonds is 50. The first-order chi connectivity index (χ1) is 34.2. The molecule has 0 aromatic heterocycles. The fraction of sp³-hybridized carbons (Fsp3) is 0.707. The smallest absolute Gasteiger partial charge is 0.462 e. The minimum atomic E-state index is -4.77. The molecule has 0 amide bonds. The number of allylic oxidation sites excluding steroid dienone is 14. The summed E-state index contributed by atoms with van der Waals surface area (Å²) in [7, 11) is -4.77. The van der Waals surface area contributed by atoms with Crippen molar-refractivity contribution in [2.75, 3.05) is 26.4 Å². The summed E-state index contributed by atoms with van der Waals surface area (Å²) in [6, 6.07) is 0. The van der Waals surface area contributed by atoms with E-state index in [0.29, 0.717) is 19.3 Å². The Bertz CT molecular complexity index is 1500. The van der Waals surface area contributed by atoms with Gasteiger partial charge in [-0.05, 0) is 77.0 Å². The van der Waals surface area contributed by atoms with E-state index in [1.54, 1.807) is 0 Å². The monoisotopic (exact) mass is 1000 g/mol. The van der Waals surface area contributed by atoms with Crippen molar-refractivity contribution in [3.05, 3.63) is 85.1 Å². The highest BCUT2D eigenvalue weighted by molar-refractivity contribution is 7.47. The summed E-state index contributed by atoms with van der Waals surface area (Å²) in [5.74, 6) is -1.59. The zero-order valence-electron chi connectivity index (χ0n) is 44.2. The van der Waals surface area contributed by atoms with Crippen LogP contribution in [-0.2, 0) is 42.2 Å². The second-order valence-corrected chi connectivity index (χ2v) is 19.4. The lowest BCUT2D eigenvalue weighted by atomic mass is 10.0. The van der Waals surface area contributed by atoms with E-state index >= 15 is 0 Å². The number of carbonyl (C=O) groups is 3. The van der Waals surface area contributed by atoms with Crippen molar-refractivity contribution in [2.24, 2.45) is 0 Å². The number of aliphatic hydroxyl groups excluding tert-OH is 1. The molecule has 0 aromatic rings. The molecular weight excluding hydrogens is 904 g/mol. The quantitative estimate of drug-likeness (QED) is 0.0197. The molecule has 0 radical (unpaired) electrons. The van der Waals surface area contributed by atoms with Gasteiger partial charge in [0.2, 0.25) is 0 Å². The Morgan fingerprint density at radius 3 is 1.23 bits per heavy atom. The van der Waals surface area contributed by atoms with Crippen LogP contribution in [0.1, 0.15) is 226 Å². The number of unbranched alkanes of at least 4 members (excludes halogenated alkanes) is 19. The Balaban J connectivity index is 4.81. The van der Waals surface area contributed by atoms with Gasteiger partial charge >= 0.3 is 25.7 Å². The van der Waals surface area contributed by atoms with Crippen LogP contribution in [0.3, 0.4) is 0 Å². The van der Waals surface area contributed by atoms with Crippen LogP contribution in [0.2, 0.25) is 0 Å².